The minimum absolute atomic E-state index is 0.239. The molecule has 0 atom stereocenters. The molecule has 0 spiro atoms. The lowest BCUT2D eigenvalue weighted by molar-refractivity contribution is 0.246. The van der Waals surface area contributed by atoms with Gasteiger partial charge in [-0.05, 0) is 99.2 Å². The first kappa shape index (κ1) is 20.9. The second-order valence-corrected chi connectivity index (χ2v) is 9.37. The molecule has 0 radical (unpaired) electrons. The third-order valence-corrected chi connectivity index (χ3v) is 7.31. The highest BCUT2D eigenvalue weighted by molar-refractivity contribution is 6.30. The predicted octanol–water partition coefficient (Wildman–Crippen LogP) is 8.70. The summed E-state index contributed by atoms with van der Waals surface area (Å²) in [5.74, 6) is 2.96. The summed E-state index contributed by atoms with van der Waals surface area (Å²) in [6.07, 6.45) is 20.9. The van der Waals surface area contributed by atoms with Crippen LogP contribution in [0.25, 0.3) is 0 Å². The molecule has 2 aliphatic carbocycles. The lowest BCUT2D eigenvalue weighted by Crippen LogP contribution is -2.17. The van der Waals surface area contributed by atoms with Crippen LogP contribution in [0.4, 0.5) is 4.39 Å². The molecule has 0 bridgehead atoms. The van der Waals surface area contributed by atoms with Crippen LogP contribution in [0.5, 0.6) is 0 Å². The van der Waals surface area contributed by atoms with Crippen LogP contribution in [-0.2, 0) is 0 Å². The van der Waals surface area contributed by atoms with Crippen molar-refractivity contribution in [1.82, 2.24) is 0 Å². The molecule has 0 heterocycles. The van der Waals surface area contributed by atoms with Crippen LogP contribution in [0, 0.1) is 23.6 Å². The number of allylic oxidation sites excluding steroid dienone is 2. The highest BCUT2D eigenvalue weighted by atomic mass is 35.5. The molecule has 27 heavy (non-hydrogen) atoms. The van der Waals surface area contributed by atoms with Crippen molar-refractivity contribution in [2.75, 3.05) is 0 Å². The smallest absolute Gasteiger partial charge is 0.142 e. The predicted molar refractivity (Wildman–Crippen MR) is 115 cm³/mol. The van der Waals surface area contributed by atoms with Crippen molar-refractivity contribution in [2.45, 2.75) is 89.9 Å². The van der Waals surface area contributed by atoms with Crippen molar-refractivity contribution in [1.29, 1.82) is 0 Å². The zero-order valence-corrected chi connectivity index (χ0v) is 17.7. The maximum atomic E-state index is 13.7. The Balaban J connectivity index is 1.35. The van der Waals surface area contributed by atoms with Gasteiger partial charge < -0.3 is 0 Å². The molecule has 3 rings (SSSR count). The van der Waals surface area contributed by atoms with Gasteiger partial charge >= 0.3 is 0 Å². The average molecular weight is 391 g/mol. The van der Waals surface area contributed by atoms with Gasteiger partial charge in [-0.1, -0.05) is 56.0 Å². The van der Waals surface area contributed by atoms with Gasteiger partial charge in [0.25, 0.3) is 0 Å². The van der Waals surface area contributed by atoms with Gasteiger partial charge in [0.1, 0.15) is 5.82 Å². The fourth-order valence-electron chi connectivity index (χ4n) is 5.15. The molecular weight excluding hydrogens is 355 g/mol. The van der Waals surface area contributed by atoms with E-state index in [0.717, 1.165) is 23.3 Å². The molecule has 0 unspecified atom stereocenters. The molecule has 2 saturated carbocycles. The molecule has 1 aromatic carbocycles. The SMILES string of the molecule is CCC/C=C/C1CCC(CCC2CCC(c3ccc(Cl)c(F)c3)CC2)CC1. The lowest BCUT2D eigenvalue weighted by Gasteiger charge is -2.31. The van der Waals surface area contributed by atoms with Crippen molar-refractivity contribution in [2.24, 2.45) is 17.8 Å². The van der Waals surface area contributed by atoms with Gasteiger partial charge in [0.15, 0.2) is 0 Å². The molecule has 0 saturated heterocycles. The molecule has 2 aliphatic rings. The summed E-state index contributed by atoms with van der Waals surface area (Å²) in [5.41, 5.74) is 1.14. The van der Waals surface area contributed by atoms with Gasteiger partial charge in [-0.2, -0.15) is 0 Å². The minimum Gasteiger partial charge on any atom is -0.205 e. The summed E-state index contributed by atoms with van der Waals surface area (Å²) < 4.78 is 13.7. The van der Waals surface area contributed by atoms with E-state index in [1.165, 1.54) is 77.0 Å². The Morgan fingerprint density at radius 2 is 1.59 bits per heavy atom. The van der Waals surface area contributed by atoms with E-state index in [1.54, 1.807) is 12.1 Å². The van der Waals surface area contributed by atoms with Crippen molar-refractivity contribution in [3.63, 3.8) is 0 Å². The van der Waals surface area contributed by atoms with E-state index in [9.17, 15) is 4.39 Å². The van der Waals surface area contributed by atoms with Crippen molar-refractivity contribution in [3.05, 3.63) is 46.8 Å². The number of hydrogen-bond donors (Lipinski definition) is 0. The summed E-state index contributed by atoms with van der Waals surface area (Å²) >= 11 is 5.82. The van der Waals surface area contributed by atoms with Crippen molar-refractivity contribution >= 4 is 11.6 Å². The number of hydrogen-bond acceptors (Lipinski definition) is 0. The fraction of sp³-hybridized carbons (Fsp3) is 0.680. The zero-order valence-electron chi connectivity index (χ0n) is 16.9. The number of benzene rings is 1. The highest BCUT2D eigenvalue weighted by Gasteiger charge is 2.25. The van der Waals surface area contributed by atoms with E-state index in [1.807, 2.05) is 6.07 Å². The van der Waals surface area contributed by atoms with Crippen molar-refractivity contribution < 1.29 is 4.39 Å². The van der Waals surface area contributed by atoms with E-state index in [4.69, 9.17) is 11.6 Å². The first-order chi connectivity index (χ1) is 13.2. The third kappa shape index (κ3) is 6.34. The van der Waals surface area contributed by atoms with Gasteiger partial charge in [0.2, 0.25) is 0 Å². The van der Waals surface area contributed by atoms with Gasteiger partial charge in [0.05, 0.1) is 5.02 Å². The normalized spacial score (nSPS) is 29.3. The van der Waals surface area contributed by atoms with Crippen LogP contribution in [0.15, 0.2) is 30.4 Å². The Morgan fingerprint density at radius 3 is 2.19 bits per heavy atom. The fourth-order valence-corrected chi connectivity index (χ4v) is 5.26. The van der Waals surface area contributed by atoms with Crippen LogP contribution < -0.4 is 0 Å². The summed E-state index contributed by atoms with van der Waals surface area (Å²) in [6.45, 7) is 2.25. The molecule has 2 heteroatoms. The second-order valence-electron chi connectivity index (χ2n) is 8.97. The van der Waals surface area contributed by atoms with E-state index >= 15 is 0 Å². The average Bonchev–Trinajstić information content (AvgIpc) is 2.70. The number of unbranched alkanes of at least 4 members (excludes halogenated alkanes) is 1. The van der Waals surface area contributed by atoms with Gasteiger partial charge in [0, 0.05) is 0 Å². The van der Waals surface area contributed by atoms with E-state index in [0.29, 0.717) is 5.92 Å². The van der Waals surface area contributed by atoms with Crippen LogP contribution in [0.3, 0.4) is 0 Å². The molecule has 0 N–H and O–H groups in total. The molecule has 0 amide bonds. The number of rotatable bonds is 7. The molecule has 0 aliphatic heterocycles. The maximum Gasteiger partial charge on any atom is 0.142 e. The summed E-state index contributed by atoms with van der Waals surface area (Å²) in [6, 6.07) is 5.39. The van der Waals surface area contributed by atoms with Gasteiger partial charge in [-0.25, -0.2) is 4.39 Å². The summed E-state index contributed by atoms with van der Waals surface area (Å²) in [7, 11) is 0. The standard InChI is InChI=1S/C25H36ClF/c1-2-3-4-5-19-6-8-20(9-7-19)10-11-21-12-14-22(15-13-21)23-16-17-24(26)25(27)18-23/h4-5,16-22H,2-3,6-15H2,1H3/b5-4+. The Bertz CT molecular complexity index is 592. The van der Waals surface area contributed by atoms with Crippen molar-refractivity contribution in [3.8, 4) is 0 Å². The molecule has 150 valence electrons. The monoisotopic (exact) mass is 390 g/mol. The lowest BCUT2D eigenvalue weighted by atomic mass is 9.74. The maximum absolute atomic E-state index is 13.7. The van der Waals surface area contributed by atoms with Crippen LogP contribution in [0.2, 0.25) is 5.02 Å². The molecule has 0 aromatic heterocycles. The number of halogens is 2. The molecular formula is C25H36ClF. The summed E-state index contributed by atoms with van der Waals surface area (Å²) in [5, 5.41) is 0.239. The molecule has 1 aromatic rings. The molecule has 2 fully saturated rings. The van der Waals surface area contributed by atoms with Crippen LogP contribution in [0.1, 0.15) is 95.5 Å². The highest BCUT2D eigenvalue weighted by Crippen LogP contribution is 2.40. The Labute approximate surface area is 170 Å². The van der Waals surface area contributed by atoms with Gasteiger partial charge in [-0.3, -0.25) is 0 Å². The van der Waals surface area contributed by atoms with Crippen LogP contribution in [-0.4, -0.2) is 0 Å². The minimum atomic E-state index is -0.267. The quantitative estimate of drug-likeness (QED) is 0.408. The first-order valence-corrected chi connectivity index (χ1v) is 11.6. The Kier molecular flexibility index (Phi) is 8.24. The van der Waals surface area contributed by atoms with E-state index < -0.39 is 0 Å². The molecule has 0 nitrogen and oxygen atoms in total. The Morgan fingerprint density at radius 1 is 0.963 bits per heavy atom. The van der Waals surface area contributed by atoms with Gasteiger partial charge in [-0.15, -0.1) is 0 Å². The van der Waals surface area contributed by atoms with E-state index in [-0.39, 0.29) is 10.8 Å². The second kappa shape index (κ2) is 10.6. The van der Waals surface area contributed by atoms with E-state index in [2.05, 4.69) is 19.1 Å². The third-order valence-electron chi connectivity index (χ3n) is 7.00. The summed E-state index contributed by atoms with van der Waals surface area (Å²) in [4.78, 5) is 0. The Hall–Kier alpha value is -0.820. The first-order valence-electron chi connectivity index (χ1n) is 11.3. The van der Waals surface area contributed by atoms with Crippen LogP contribution >= 0.6 is 11.6 Å². The zero-order chi connectivity index (χ0) is 19.1. The topological polar surface area (TPSA) is 0 Å². The largest absolute Gasteiger partial charge is 0.205 e.